The van der Waals surface area contributed by atoms with Gasteiger partial charge in [0.05, 0.1) is 0 Å². The highest BCUT2D eigenvalue weighted by Crippen LogP contribution is 2.30. The zero-order valence-electron chi connectivity index (χ0n) is 11.0. The lowest BCUT2D eigenvalue weighted by molar-refractivity contribution is -0.148. The molecule has 1 amide bonds. The predicted octanol–water partition coefficient (Wildman–Crippen LogP) is 2.62. The van der Waals surface area contributed by atoms with Gasteiger partial charge in [-0.2, -0.15) is 0 Å². The lowest BCUT2D eigenvalue weighted by atomic mass is 10.1. The van der Waals surface area contributed by atoms with Gasteiger partial charge in [0.1, 0.15) is 0 Å². The van der Waals surface area contributed by atoms with Crippen LogP contribution in [0.15, 0.2) is 29.4 Å². The van der Waals surface area contributed by atoms with Gasteiger partial charge < -0.3 is 10.0 Å². The molecule has 0 saturated carbocycles. The molecule has 2 rings (SSSR count). The molecule has 1 fully saturated rings. The maximum Gasteiger partial charge on any atom is 0.331 e. The van der Waals surface area contributed by atoms with Crippen molar-refractivity contribution >= 4 is 23.5 Å². The van der Waals surface area contributed by atoms with Crippen LogP contribution in [0.1, 0.15) is 18.0 Å². The van der Waals surface area contributed by atoms with E-state index in [1.165, 1.54) is 4.90 Å². The van der Waals surface area contributed by atoms with E-state index in [1.807, 2.05) is 0 Å². The summed E-state index contributed by atoms with van der Waals surface area (Å²) in [4.78, 5) is 27.5. The number of amides is 1. The summed E-state index contributed by atoms with van der Waals surface area (Å²) >= 11 is 5.79. The van der Waals surface area contributed by atoms with Gasteiger partial charge >= 0.3 is 5.97 Å². The Morgan fingerprint density at radius 2 is 2.19 bits per heavy atom. The van der Waals surface area contributed by atoms with Crippen molar-refractivity contribution in [3.05, 3.63) is 45.3 Å². The zero-order valence-corrected chi connectivity index (χ0v) is 11.8. The van der Waals surface area contributed by atoms with E-state index in [1.54, 1.807) is 24.3 Å². The highest BCUT2D eigenvalue weighted by Gasteiger charge is 2.38. The molecule has 0 aromatic heterocycles. The van der Waals surface area contributed by atoms with Crippen LogP contribution in [-0.4, -0.2) is 35.0 Å². The maximum absolute atomic E-state index is 12.0. The summed E-state index contributed by atoms with van der Waals surface area (Å²) < 4.78 is 0. The molecule has 2 unspecified atom stereocenters. The number of carbonyl (C=O) groups excluding carboxylic acids is 1. The zero-order chi connectivity index (χ0) is 15.4. The number of aliphatic carboxylic acids is 1. The summed E-state index contributed by atoms with van der Waals surface area (Å²) in [6.07, 6.45) is 0.191. The summed E-state index contributed by atoms with van der Waals surface area (Å²) in [5.74, 6) is -1.51. The molecule has 0 radical (unpaired) electrons. The van der Waals surface area contributed by atoms with Gasteiger partial charge in [-0.05, 0) is 29.1 Å². The van der Waals surface area contributed by atoms with Gasteiger partial charge in [0, 0.05) is 29.4 Å². The van der Waals surface area contributed by atoms with Crippen LogP contribution in [-0.2, 0) is 9.59 Å². The molecule has 0 aliphatic carbocycles. The summed E-state index contributed by atoms with van der Waals surface area (Å²) in [5, 5.41) is 13.4. The van der Waals surface area contributed by atoms with Crippen LogP contribution < -0.4 is 0 Å². The smallest absolute Gasteiger partial charge is 0.331 e. The second kappa shape index (κ2) is 6.47. The molecule has 8 heteroatoms. The van der Waals surface area contributed by atoms with E-state index >= 15 is 0 Å². The standard InChI is InChI=1S/C13H13ClN4O3/c14-10-3-1-9(2-4-10)12(13(20)21)18-7-8(5-11(18)19)6-16-17-15/h1-4,8,12H,5-7H2,(H,20,21). The molecule has 21 heavy (non-hydrogen) atoms. The van der Waals surface area contributed by atoms with Crippen LogP contribution in [0.4, 0.5) is 0 Å². The first-order valence-electron chi connectivity index (χ1n) is 6.31. The average Bonchev–Trinajstić information content (AvgIpc) is 2.80. The van der Waals surface area contributed by atoms with Crippen molar-refractivity contribution in [2.45, 2.75) is 12.5 Å². The Morgan fingerprint density at radius 3 is 2.76 bits per heavy atom. The fourth-order valence-corrected chi connectivity index (χ4v) is 2.56. The summed E-state index contributed by atoms with van der Waals surface area (Å²) in [6.45, 7) is 0.448. The number of benzene rings is 1. The number of carboxylic acids is 1. The minimum absolute atomic E-state index is 0.150. The van der Waals surface area contributed by atoms with Crippen molar-refractivity contribution in [2.24, 2.45) is 11.0 Å². The fraction of sp³-hybridized carbons (Fsp3) is 0.385. The third-order valence-corrected chi connectivity index (χ3v) is 3.62. The summed E-state index contributed by atoms with van der Waals surface area (Å²) in [5.41, 5.74) is 8.80. The quantitative estimate of drug-likeness (QED) is 0.513. The van der Waals surface area contributed by atoms with Crippen molar-refractivity contribution < 1.29 is 14.7 Å². The van der Waals surface area contributed by atoms with Gasteiger partial charge in [0.2, 0.25) is 5.91 Å². The highest BCUT2D eigenvalue weighted by molar-refractivity contribution is 6.30. The molecule has 1 aromatic carbocycles. The third-order valence-electron chi connectivity index (χ3n) is 3.37. The molecule has 1 aromatic rings. The number of azide groups is 1. The average molecular weight is 309 g/mol. The van der Waals surface area contributed by atoms with Gasteiger partial charge in [-0.3, -0.25) is 4.79 Å². The molecule has 2 atom stereocenters. The van der Waals surface area contributed by atoms with Crippen molar-refractivity contribution in [3.63, 3.8) is 0 Å². The van der Waals surface area contributed by atoms with Crippen LogP contribution in [0, 0.1) is 5.92 Å². The molecule has 0 bridgehead atoms. The number of likely N-dealkylation sites (tertiary alicyclic amines) is 1. The molecule has 0 spiro atoms. The van der Waals surface area contributed by atoms with Crippen LogP contribution in [0.25, 0.3) is 10.4 Å². The first-order valence-corrected chi connectivity index (χ1v) is 6.69. The van der Waals surface area contributed by atoms with Crippen LogP contribution in [0.5, 0.6) is 0 Å². The Balaban J connectivity index is 2.23. The second-order valence-corrected chi connectivity index (χ2v) is 5.26. The Hall–Kier alpha value is -2.24. The lowest BCUT2D eigenvalue weighted by Gasteiger charge is -2.25. The van der Waals surface area contributed by atoms with Crippen LogP contribution in [0.3, 0.4) is 0 Å². The summed E-state index contributed by atoms with van der Waals surface area (Å²) in [7, 11) is 0. The minimum atomic E-state index is -1.10. The lowest BCUT2D eigenvalue weighted by Crippen LogP contribution is -2.35. The molecule has 1 aliphatic heterocycles. The number of halogens is 1. The number of hydrogen-bond donors (Lipinski definition) is 1. The van der Waals surface area contributed by atoms with E-state index < -0.39 is 12.0 Å². The van der Waals surface area contributed by atoms with Gasteiger partial charge in [-0.1, -0.05) is 28.8 Å². The molecule has 1 saturated heterocycles. The first-order chi connectivity index (χ1) is 10.0. The SMILES string of the molecule is [N-]=[N+]=NCC1CC(=O)N(C(C(=O)O)c2ccc(Cl)cc2)C1. The van der Waals surface area contributed by atoms with E-state index in [-0.39, 0.29) is 31.3 Å². The Morgan fingerprint density at radius 1 is 1.52 bits per heavy atom. The molecule has 7 nitrogen and oxygen atoms in total. The molecule has 110 valence electrons. The number of carboxylic acid groups (broad SMARTS) is 1. The van der Waals surface area contributed by atoms with Gasteiger partial charge in [-0.25, -0.2) is 4.79 Å². The predicted molar refractivity (Wildman–Crippen MR) is 75.7 cm³/mol. The van der Waals surface area contributed by atoms with Gasteiger partial charge in [0.25, 0.3) is 0 Å². The van der Waals surface area contributed by atoms with Crippen LogP contribution >= 0.6 is 11.6 Å². The molecule has 1 heterocycles. The van der Waals surface area contributed by atoms with Gasteiger partial charge in [0.15, 0.2) is 6.04 Å². The van der Waals surface area contributed by atoms with Crippen LogP contribution in [0.2, 0.25) is 5.02 Å². The monoisotopic (exact) mass is 308 g/mol. The third kappa shape index (κ3) is 3.45. The Kier molecular flexibility index (Phi) is 4.67. The van der Waals surface area contributed by atoms with E-state index in [2.05, 4.69) is 10.0 Å². The van der Waals surface area contributed by atoms with Crippen molar-refractivity contribution in [1.82, 2.24) is 4.90 Å². The fourth-order valence-electron chi connectivity index (χ4n) is 2.43. The number of carbonyl (C=O) groups is 2. The first kappa shape index (κ1) is 15.2. The Labute approximate surface area is 125 Å². The largest absolute Gasteiger partial charge is 0.479 e. The normalized spacial score (nSPS) is 19.2. The van der Waals surface area contributed by atoms with Gasteiger partial charge in [-0.15, -0.1) is 0 Å². The van der Waals surface area contributed by atoms with E-state index in [4.69, 9.17) is 17.1 Å². The topological polar surface area (TPSA) is 106 Å². The molecule has 1 aliphatic rings. The second-order valence-electron chi connectivity index (χ2n) is 4.82. The maximum atomic E-state index is 12.0. The molecular formula is C13H13ClN4O3. The molecule has 1 N–H and O–H groups in total. The van der Waals surface area contributed by atoms with E-state index in [9.17, 15) is 14.7 Å². The van der Waals surface area contributed by atoms with Crippen molar-refractivity contribution in [1.29, 1.82) is 0 Å². The summed E-state index contributed by atoms with van der Waals surface area (Å²) in [6, 6.07) is 5.31. The number of hydrogen-bond acceptors (Lipinski definition) is 3. The number of rotatable bonds is 5. The van der Waals surface area contributed by atoms with Crippen molar-refractivity contribution in [3.8, 4) is 0 Å². The highest BCUT2D eigenvalue weighted by atomic mass is 35.5. The van der Waals surface area contributed by atoms with E-state index in [0.717, 1.165) is 0 Å². The Bertz CT molecular complexity index is 598. The van der Waals surface area contributed by atoms with E-state index in [0.29, 0.717) is 10.6 Å². The minimum Gasteiger partial charge on any atom is -0.479 e. The number of nitrogens with zero attached hydrogens (tertiary/aromatic N) is 4. The van der Waals surface area contributed by atoms with Crippen molar-refractivity contribution in [2.75, 3.05) is 13.1 Å². The molecular weight excluding hydrogens is 296 g/mol.